The first-order valence-electron chi connectivity index (χ1n) is 7.30. The average Bonchev–Trinajstić information content (AvgIpc) is 2.90. The van der Waals surface area contributed by atoms with Gasteiger partial charge in [0.25, 0.3) is 0 Å². The second-order valence-electron chi connectivity index (χ2n) is 4.78. The zero-order valence-corrected chi connectivity index (χ0v) is 12.7. The van der Waals surface area contributed by atoms with Gasteiger partial charge < -0.3 is 0 Å². The van der Waals surface area contributed by atoms with Crippen molar-refractivity contribution in [2.45, 2.75) is 33.6 Å². The van der Waals surface area contributed by atoms with Crippen LogP contribution in [0.25, 0.3) is 16.7 Å². The fraction of sp³-hybridized carbons (Fsp3) is 0.278. The third kappa shape index (κ3) is 2.60. The molecule has 0 spiro atoms. The van der Waals surface area contributed by atoms with Crippen molar-refractivity contribution < 1.29 is 0 Å². The zero-order valence-electron chi connectivity index (χ0n) is 12.7. The summed E-state index contributed by atoms with van der Waals surface area (Å²) in [7, 11) is 0. The Labute approximate surface area is 121 Å². The Balaban J connectivity index is 0.000000704. The molecular formula is C18H22N2. The Bertz CT molecular complexity index is 666. The Morgan fingerprint density at radius 1 is 0.850 bits per heavy atom. The number of nitrogens with zero attached hydrogens (tertiary/aromatic N) is 2. The fourth-order valence-corrected chi connectivity index (χ4v) is 2.28. The van der Waals surface area contributed by atoms with Crippen LogP contribution in [0.2, 0.25) is 0 Å². The molecule has 0 atom stereocenters. The van der Waals surface area contributed by atoms with Crippen LogP contribution in [-0.4, -0.2) is 9.55 Å². The monoisotopic (exact) mass is 266 g/mol. The lowest BCUT2D eigenvalue weighted by molar-refractivity contribution is 0.760. The van der Waals surface area contributed by atoms with Crippen LogP contribution in [0.4, 0.5) is 0 Å². The van der Waals surface area contributed by atoms with E-state index < -0.39 is 0 Å². The molecule has 1 aromatic heterocycles. The summed E-state index contributed by atoms with van der Waals surface area (Å²) >= 11 is 0. The first-order chi connectivity index (χ1) is 9.77. The summed E-state index contributed by atoms with van der Waals surface area (Å²) in [5.74, 6) is 1.51. The molecule has 20 heavy (non-hydrogen) atoms. The van der Waals surface area contributed by atoms with E-state index in [0.717, 1.165) is 11.3 Å². The van der Waals surface area contributed by atoms with E-state index in [2.05, 4.69) is 60.9 Å². The highest BCUT2D eigenvalue weighted by atomic mass is 15.1. The van der Waals surface area contributed by atoms with Crippen LogP contribution in [0.3, 0.4) is 0 Å². The third-order valence-corrected chi connectivity index (χ3v) is 3.12. The number of hydrogen-bond acceptors (Lipinski definition) is 1. The van der Waals surface area contributed by atoms with Gasteiger partial charge in [-0.1, -0.05) is 58.0 Å². The molecule has 0 amide bonds. The summed E-state index contributed by atoms with van der Waals surface area (Å²) in [6.45, 7) is 8.36. The summed E-state index contributed by atoms with van der Waals surface area (Å²) in [4.78, 5) is 4.75. The predicted octanol–water partition coefficient (Wildman–Crippen LogP) is 5.18. The number of rotatable bonds is 2. The molecule has 2 heteroatoms. The minimum absolute atomic E-state index is 0.401. The molecule has 0 bridgehead atoms. The van der Waals surface area contributed by atoms with Crippen LogP contribution in [0.15, 0.2) is 54.6 Å². The largest absolute Gasteiger partial charge is 0.296 e. The van der Waals surface area contributed by atoms with Gasteiger partial charge in [0.2, 0.25) is 0 Å². The number of aromatic nitrogens is 2. The maximum atomic E-state index is 4.75. The van der Waals surface area contributed by atoms with Crippen molar-refractivity contribution in [1.82, 2.24) is 9.55 Å². The van der Waals surface area contributed by atoms with Crippen molar-refractivity contribution in [2.24, 2.45) is 0 Å². The standard InChI is InChI=1S/C16H16N2.C2H6/c1-12(2)16-17-14-10-6-7-11-15(14)18(16)13-8-4-3-5-9-13;1-2/h3-12H,1-2H3;1-2H3. The third-order valence-electron chi connectivity index (χ3n) is 3.12. The van der Waals surface area contributed by atoms with E-state index >= 15 is 0 Å². The lowest BCUT2D eigenvalue weighted by atomic mass is 10.2. The number of imidazole rings is 1. The van der Waals surface area contributed by atoms with Crippen molar-refractivity contribution in [3.8, 4) is 5.69 Å². The first-order valence-corrected chi connectivity index (χ1v) is 7.30. The Hall–Kier alpha value is -2.09. The van der Waals surface area contributed by atoms with Gasteiger partial charge in [0.1, 0.15) is 5.82 Å². The average molecular weight is 266 g/mol. The van der Waals surface area contributed by atoms with E-state index in [9.17, 15) is 0 Å². The number of para-hydroxylation sites is 3. The van der Waals surface area contributed by atoms with E-state index in [4.69, 9.17) is 4.98 Å². The Kier molecular flexibility index (Phi) is 4.57. The molecule has 104 valence electrons. The van der Waals surface area contributed by atoms with E-state index in [1.54, 1.807) is 0 Å². The van der Waals surface area contributed by atoms with Crippen molar-refractivity contribution in [2.75, 3.05) is 0 Å². The lowest BCUT2D eigenvalue weighted by Gasteiger charge is -2.11. The van der Waals surface area contributed by atoms with Gasteiger partial charge in [-0.2, -0.15) is 0 Å². The molecule has 0 radical (unpaired) electrons. The van der Waals surface area contributed by atoms with Gasteiger partial charge >= 0.3 is 0 Å². The summed E-state index contributed by atoms with van der Waals surface area (Å²) in [6.07, 6.45) is 0. The zero-order chi connectivity index (χ0) is 14.5. The van der Waals surface area contributed by atoms with Gasteiger partial charge in [-0.25, -0.2) is 4.98 Å². The molecule has 0 saturated heterocycles. The summed E-state index contributed by atoms with van der Waals surface area (Å²) < 4.78 is 2.25. The topological polar surface area (TPSA) is 17.8 Å². The minimum Gasteiger partial charge on any atom is -0.296 e. The molecule has 3 rings (SSSR count). The van der Waals surface area contributed by atoms with Crippen molar-refractivity contribution in [1.29, 1.82) is 0 Å². The molecule has 0 fully saturated rings. The molecule has 2 nitrogen and oxygen atoms in total. The number of fused-ring (bicyclic) bond motifs is 1. The van der Waals surface area contributed by atoms with Gasteiger partial charge in [0.15, 0.2) is 0 Å². The van der Waals surface area contributed by atoms with Crippen LogP contribution >= 0.6 is 0 Å². The molecule has 0 aliphatic rings. The van der Waals surface area contributed by atoms with Crippen molar-refractivity contribution >= 4 is 11.0 Å². The highest BCUT2D eigenvalue weighted by molar-refractivity contribution is 5.78. The minimum atomic E-state index is 0.401. The normalized spacial score (nSPS) is 10.4. The molecule has 0 aliphatic carbocycles. The van der Waals surface area contributed by atoms with E-state index in [1.165, 1.54) is 11.2 Å². The quantitative estimate of drug-likeness (QED) is 0.625. The van der Waals surface area contributed by atoms with E-state index in [1.807, 2.05) is 26.0 Å². The smallest absolute Gasteiger partial charge is 0.117 e. The van der Waals surface area contributed by atoms with Crippen molar-refractivity contribution in [3.63, 3.8) is 0 Å². The van der Waals surface area contributed by atoms with Crippen LogP contribution in [0, 0.1) is 0 Å². The van der Waals surface area contributed by atoms with Crippen LogP contribution in [0.1, 0.15) is 39.4 Å². The lowest BCUT2D eigenvalue weighted by Crippen LogP contribution is -2.02. The van der Waals surface area contributed by atoms with Gasteiger partial charge in [-0.05, 0) is 24.3 Å². The highest BCUT2D eigenvalue weighted by Crippen LogP contribution is 2.25. The van der Waals surface area contributed by atoms with Gasteiger partial charge in [-0.15, -0.1) is 0 Å². The summed E-state index contributed by atoms with van der Waals surface area (Å²) in [6, 6.07) is 18.7. The highest BCUT2D eigenvalue weighted by Gasteiger charge is 2.14. The van der Waals surface area contributed by atoms with Crippen LogP contribution in [-0.2, 0) is 0 Å². The van der Waals surface area contributed by atoms with Crippen LogP contribution < -0.4 is 0 Å². The Morgan fingerprint density at radius 3 is 2.10 bits per heavy atom. The molecule has 1 heterocycles. The van der Waals surface area contributed by atoms with Crippen LogP contribution in [0.5, 0.6) is 0 Å². The second-order valence-corrected chi connectivity index (χ2v) is 4.78. The molecule has 0 unspecified atom stereocenters. The van der Waals surface area contributed by atoms with E-state index in [0.29, 0.717) is 5.92 Å². The molecule has 0 N–H and O–H groups in total. The van der Waals surface area contributed by atoms with Crippen molar-refractivity contribution in [3.05, 3.63) is 60.4 Å². The molecule has 0 aliphatic heterocycles. The molecule has 0 saturated carbocycles. The number of benzene rings is 2. The van der Waals surface area contributed by atoms with Gasteiger partial charge in [0.05, 0.1) is 11.0 Å². The molecule has 3 aromatic rings. The summed E-state index contributed by atoms with van der Waals surface area (Å²) in [5, 5.41) is 0. The predicted molar refractivity (Wildman–Crippen MR) is 86.5 cm³/mol. The fourth-order valence-electron chi connectivity index (χ4n) is 2.28. The maximum Gasteiger partial charge on any atom is 0.117 e. The van der Waals surface area contributed by atoms with E-state index in [-0.39, 0.29) is 0 Å². The SMILES string of the molecule is CC.CC(C)c1nc2ccccc2n1-c1ccccc1. The first kappa shape index (κ1) is 14.3. The number of hydrogen-bond donors (Lipinski definition) is 0. The summed E-state index contributed by atoms with van der Waals surface area (Å²) in [5.41, 5.74) is 3.41. The van der Waals surface area contributed by atoms with Gasteiger partial charge in [0, 0.05) is 11.6 Å². The van der Waals surface area contributed by atoms with Gasteiger partial charge in [-0.3, -0.25) is 4.57 Å². The molecular weight excluding hydrogens is 244 g/mol. The molecule has 2 aromatic carbocycles. The maximum absolute atomic E-state index is 4.75. The second kappa shape index (κ2) is 6.38. The Morgan fingerprint density at radius 2 is 1.45 bits per heavy atom.